The summed E-state index contributed by atoms with van der Waals surface area (Å²) in [6.07, 6.45) is 0.158. The molecule has 28 heavy (non-hydrogen) atoms. The van der Waals surface area contributed by atoms with E-state index in [1.807, 2.05) is 48.5 Å². The number of likely N-dealkylation sites (N-methyl/N-ethyl adjacent to an activating group) is 1. The molecule has 1 N–H and O–H groups in total. The van der Waals surface area contributed by atoms with Crippen LogP contribution in [0.5, 0.6) is 11.5 Å². The molecule has 1 unspecified atom stereocenters. The Morgan fingerprint density at radius 2 is 1.43 bits per heavy atom. The SMILES string of the molecule is COc1ccc(CN(Cc2ccc(OC)cc2)CC2(O)CC(=O)N(C)C2)cc1. The van der Waals surface area contributed by atoms with Gasteiger partial charge >= 0.3 is 0 Å². The molecular formula is C22H28N2O4. The van der Waals surface area contributed by atoms with Crippen molar-refractivity contribution in [1.82, 2.24) is 9.80 Å². The maximum Gasteiger partial charge on any atom is 0.225 e. The summed E-state index contributed by atoms with van der Waals surface area (Å²) >= 11 is 0. The second kappa shape index (κ2) is 8.63. The Kier molecular flexibility index (Phi) is 6.21. The molecule has 1 amide bonds. The second-order valence-corrected chi connectivity index (χ2v) is 7.49. The maximum atomic E-state index is 11.9. The molecular weight excluding hydrogens is 356 g/mol. The van der Waals surface area contributed by atoms with Crippen LogP contribution in [0.15, 0.2) is 48.5 Å². The highest BCUT2D eigenvalue weighted by molar-refractivity contribution is 5.79. The number of nitrogens with zero attached hydrogens (tertiary/aromatic N) is 2. The molecule has 1 saturated heterocycles. The lowest BCUT2D eigenvalue weighted by Crippen LogP contribution is -2.44. The first kappa shape index (κ1) is 20.2. The van der Waals surface area contributed by atoms with Crippen molar-refractivity contribution >= 4 is 5.91 Å². The van der Waals surface area contributed by atoms with Crippen molar-refractivity contribution in [1.29, 1.82) is 0 Å². The third-order valence-electron chi connectivity index (χ3n) is 5.09. The zero-order valence-corrected chi connectivity index (χ0v) is 16.7. The van der Waals surface area contributed by atoms with Crippen LogP contribution in [0.1, 0.15) is 17.5 Å². The van der Waals surface area contributed by atoms with Crippen LogP contribution in [-0.4, -0.2) is 60.8 Å². The van der Waals surface area contributed by atoms with Crippen LogP contribution in [0.2, 0.25) is 0 Å². The quantitative estimate of drug-likeness (QED) is 0.757. The third-order valence-corrected chi connectivity index (χ3v) is 5.09. The van der Waals surface area contributed by atoms with E-state index in [9.17, 15) is 9.90 Å². The minimum absolute atomic E-state index is 0.0173. The van der Waals surface area contributed by atoms with E-state index in [0.717, 1.165) is 22.6 Å². The molecule has 0 bridgehead atoms. The van der Waals surface area contributed by atoms with Crippen molar-refractivity contribution in [3.05, 3.63) is 59.7 Å². The van der Waals surface area contributed by atoms with E-state index in [-0.39, 0.29) is 12.3 Å². The highest BCUT2D eigenvalue weighted by Crippen LogP contribution is 2.25. The van der Waals surface area contributed by atoms with Crippen molar-refractivity contribution in [2.75, 3.05) is 34.4 Å². The summed E-state index contributed by atoms with van der Waals surface area (Å²) in [7, 11) is 5.03. The van der Waals surface area contributed by atoms with Crippen LogP contribution in [0, 0.1) is 0 Å². The van der Waals surface area contributed by atoms with Crippen LogP contribution in [0.3, 0.4) is 0 Å². The molecule has 0 aromatic heterocycles. The van der Waals surface area contributed by atoms with E-state index in [0.29, 0.717) is 26.2 Å². The summed E-state index contributed by atoms with van der Waals surface area (Å²) in [5, 5.41) is 11.0. The molecule has 3 rings (SSSR count). The Morgan fingerprint density at radius 1 is 0.964 bits per heavy atom. The van der Waals surface area contributed by atoms with E-state index in [1.54, 1.807) is 26.2 Å². The van der Waals surface area contributed by atoms with Crippen LogP contribution in [0.4, 0.5) is 0 Å². The molecule has 0 spiro atoms. The number of carbonyl (C=O) groups excluding carboxylic acids is 1. The largest absolute Gasteiger partial charge is 0.497 e. The Morgan fingerprint density at radius 3 is 1.79 bits per heavy atom. The van der Waals surface area contributed by atoms with Gasteiger partial charge in [-0.25, -0.2) is 0 Å². The van der Waals surface area contributed by atoms with Gasteiger partial charge in [0.05, 0.1) is 27.2 Å². The van der Waals surface area contributed by atoms with Gasteiger partial charge in [0.25, 0.3) is 0 Å². The predicted molar refractivity (Wildman–Crippen MR) is 107 cm³/mol. The zero-order valence-electron chi connectivity index (χ0n) is 16.7. The molecule has 0 radical (unpaired) electrons. The average molecular weight is 384 g/mol. The summed E-state index contributed by atoms with van der Waals surface area (Å²) < 4.78 is 10.5. The van der Waals surface area contributed by atoms with E-state index >= 15 is 0 Å². The molecule has 1 atom stereocenters. The fourth-order valence-corrected chi connectivity index (χ4v) is 3.67. The van der Waals surface area contributed by atoms with Gasteiger partial charge < -0.3 is 19.5 Å². The number of carbonyl (C=O) groups is 1. The molecule has 150 valence electrons. The van der Waals surface area contributed by atoms with Gasteiger partial charge in [-0.1, -0.05) is 24.3 Å². The van der Waals surface area contributed by atoms with Crippen molar-refractivity contribution < 1.29 is 19.4 Å². The molecule has 1 aliphatic heterocycles. The molecule has 6 nitrogen and oxygen atoms in total. The number of ether oxygens (including phenoxy) is 2. The zero-order chi connectivity index (χ0) is 20.1. The number of rotatable bonds is 8. The smallest absolute Gasteiger partial charge is 0.225 e. The van der Waals surface area contributed by atoms with E-state index in [1.165, 1.54) is 0 Å². The molecule has 0 aliphatic carbocycles. The lowest BCUT2D eigenvalue weighted by Gasteiger charge is -2.31. The van der Waals surface area contributed by atoms with Gasteiger partial charge in [-0.15, -0.1) is 0 Å². The minimum atomic E-state index is -1.04. The Bertz CT molecular complexity index is 742. The first-order valence-corrected chi connectivity index (χ1v) is 9.35. The summed E-state index contributed by atoms with van der Waals surface area (Å²) in [5.41, 5.74) is 1.20. The van der Waals surface area contributed by atoms with Gasteiger partial charge in [-0.2, -0.15) is 0 Å². The summed E-state index contributed by atoms with van der Waals surface area (Å²) in [6, 6.07) is 15.8. The molecule has 0 saturated carbocycles. The Balaban J connectivity index is 1.76. The fourth-order valence-electron chi connectivity index (χ4n) is 3.67. The molecule has 2 aromatic rings. The van der Waals surface area contributed by atoms with E-state index < -0.39 is 5.60 Å². The van der Waals surface area contributed by atoms with Crippen LogP contribution >= 0.6 is 0 Å². The first-order chi connectivity index (χ1) is 13.4. The van der Waals surface area contributed by atoms with Gasteiger partial charge in [-0.3, -0.25) is 9.69 Å². The third kappa shape index (κ3) is 5.03. The summed E-state index contributed by atoms with van der Waals surface area (Å²) in [4.78, 5) is 15.7. The topological polar surface area (TPSA) is 62.2 Å². The number of methoxy groups -OCH3 is 2. The number of β-amino-alcohol motifs (C(OH)–C–C–N with tert-alkyl or cyclic N) is 1. The van der Waals surface area contributed by atoms with Gasteiger partial charge in [0.2, 0.25) is 5.91 Å². The molecule has 1 heterocycles. The highest BCUT2D eigenvalue weighted by Gasteiger charge is 2.41. The summed E-state index contributed by atoms with van der Waals surface area (Å²) in [6.45, 7) is 2.10. The van der Waals surface area contributed by atoms with Crippen LogP contribution in [0.25, 0.3) is 0 Å². The average Bonchev–Trinajstić information content (AvgIpc) is 2.94. The molecule has 1 aliphatic rings. The Labute approximate surface area is 166 Å². The number of benzene rings is 2. The standard InChI is InChI=1S/C22H28N2O4/c1-23-15-22(26,12-21(23)25)16-24(13-17-4-8-19(27-2)9-5-17)14-18-6-10-20(28-3)11-7-18/h4-11,26H,12-16H2,1-3H3. The fraction of sp³-hybridized carbons (Fsp3) is 0.409. The van der Waals surface area contributed by atoms with Crippen molar-refractivity contribution in [2.24, 2.45) is 0 Å². The minimum Gasteiger partial charge on any atom is -0.497 e. The van der Waals surface area contributed by atoms with Gasteiger partial charge in [0, 0.05) is 26.7 Å². The molecule has 1 fully saturated rings. The summed E-state index contributed by atoms with van der Waals surface area (Å²) in [5.74, 6) is 1.61. The van der Waals surface area contributed by atoms with Crippen molar-refractivity contribution in [3.63, 3.8) is 0 Å². The Hall–Kier alpha value is -2.57. The van der Waals surface area contributed by atoms with E-state index in [2.05, 4.69) is 4.90 Å². The number of likely N-dealkylation sites (tertiary alicyclic amines) is 1. The first-order valence-electron chi connectivity index (χ1n) is 9.35. The number of aliphatic hydroxyl groups is 1. The number of hydrogen-bond donors (Lipinski definition) is 1. The normalized spacial score (nSPS) is 19.3. The predicted octanol–water partition coefficient (Wildman–Crippen LogP) is 2.30. The molecule has 2 aromatic carbocycles. The van der Waals surface area contributed by atoms with Crippen LogP contribution in [-0.2, 0) is 17.9 Å². The van der Waals surface area contributed by atoms with Crippen molar-refractivity contribution in [3.8, 4) is 11.5 Å². The second-order valence-electron chi connectivity index (χ2n) is 7.49. The van der Waals surface area contributed by atoms with E-state index in [4.69, 9.17) is 9.47 Å². The van der Waals surface area contributed by atoms with Crippen molar-refractivity contribution in [2.45, 2.75) is 25.1 Å². The van der Waals surface area contributed by atoms with Crippen LogP contribution < -0.4 is 9.47 Å². The lowest BCUT2D eigenvalue weighted by molar-refractivity contribution is -0.126. The number of hydrogen-bond acceptors (Lipinski definition) is 5. The lowest BCUT2D eigenvalue weighted by atomic mass is 10.0. The van der Waals surface area contributed by atoms with Gasteiger partial charge in [0.15, 0.2) is 0 Å². The maximum absolute atomic E-state index is 11.9. The van der Waals surface area contributed by atoms with Gasteiger partial charge in [0.1, 0.15) is 17.1 Å². The molecule has 6 heteroatoms. The van der Waals surface area contributed by atoms with Gasteiger partial charge in [-0.05, 0) is 35.4 Å². The number of amides is 1. The monoisotopic (exact) mass is 384 g/mol. The highest BCUT2D eigenvalue weighted by atomic mass is 16.5.